The second kappa shape index (κ2) is 8.29. The normalized spacial score (nSPS) is 21.1. The fourth-order valence-electron chi connectivity index (χ4n) is 3.60. The van der Waals surface area contributed by atoms with E-state index in [0.717, 1.165) is 37.4 Å². The predicted molar refractivity (Wildman–Crippen MR) is 99.6 cm³/mol. The van der Waals surface area contributed by atoms with Gasteiger partial charge >= 0.3 is 0 Å². The number of rotatable bonds is 6. The molecule has 2 aliphatic rings. The van der Waals surface area contributed by atoms with Gasteiger partial charge in [0.2, 0.25) is 11.8 Å². The van der Waals surface area contributed by atoms with Gasteiger partial charge in [-0.2, -0.15) is 5.10 Å². The lowest BCUT2D eigenvalue weighted by Gasteiger charge is -2.32. The van der Waals surface area contributed by atoms with Crippen LogP contribution in [0.3, 0.4) is 0 Å². The number of nitrogens with one attached hydrogen (secondary N) is 1. The molecule has 3 rings (SSSR count). The van der Waals surface area contributed by atoms with Gasteiger partial charge in [0.25, 0.3) is 0 Å². The molecule has 0 aromatic carbocycles. The van der Waals surface area contributed by atoms with Gasteiger partial charge < -0.3 is 15.1 Å². The van der Waals surface area contributed by atoms with Gasteiger partial charge in [-0.05, 0) is 37.8 Å². The van der Waals surface area contributed by atoms with Crippen molar-refractivity contribution in [3.8, 4) is 0 Å². The van der Waals surface area contributed by atoms with E-state index in [4.69, 9.17) is 0 Å². The van der Waals surface area contributed by atoms with Gasteiger partial charge in [-0.1, -0.05) is 6.08 Å². The molecule has 0 radical (unpaired) electrons. The number of aromatic nitrogens is 2. The van der Waals surface area contributed by atoms with E-state index in [1.807, 2.05) is 19.1 Å². The van der Waals surface area contributed by atoms with Gasteiger partial charge in [-0.25, -0.2) is 0 Å². The number of aryl methyl sites for hydroxylation is 1. The van der Waals surface area contributed by atoms with Crippen molar-refractivity contribution in [2.75, 3.05) is 37.6 Å². The first-order valence-corrected chi connectivity index (χ1v) is 9.28. The zero-order valence-electron chi connectivity index (χ0n) is 15.4. The summed E-state index contributed by atoms with van der Waals surface area (Å²) in [6.45, 7) is 9.13. The van der Waals surface area contributed by atoms with E-state index in [1.54, 1.807) is 11.0 Å². The third kappa shape index (κ3) is 4.39. The molecular formula is C19H27N5O2. The van der Waals surface area contributed by atoms with Crippen LogP contribution in [-0.2, 0) is 9.59 Å². The van der Waals surface area contributed by atoms with Gasteiger partial charge in [0.15, 0.2) is 5.82 Å². The maximum atomic E-state index is 12.4. The first-order valence-electron chi connectivity index (χ1n) is 9.28. The molecule has 0 aliphatic carbocycles. The largest absolute Gasteiger partial charge is 0.356 e. The average Bonchev–Trinajstić information content (AvgIpc) is 3.02. The van der Waals surface area contributed by atoms with Gasteiger partial charge in [-0.15, -0.1) is 11.7 Å². The second-order valence-electron chi connectivity index (χ2n) is 7.20. The molecule has 2 aliphatic heterocycles. The summed E-state index contributed by atoms with van der Waals surface area (Å²) in [6.07, 6.45) is 4.04. The molecule has 7 heteroatoms. The molecule has 2 saturated heterocycles. The van der Waals surface area contributed by atoms with E-state index in [1.165, 1.54) is 0 Å². The Morgan fingerprint density at radius 2 is 2.12 bits per heavy atom. The smallest absolute Gasteiger partial charge is 0.225 e. The highest BCUT2D eigenvalue weighted by molar-refractivity contribution is 5.89. The Morgan fingerprint density at radius 3 is 2.77 bits per heavy atom. The molecule has 1 aromatic heterocycles. The minimum atomic E-state index is -0.231. The van der Waals surface area contributed by atoms with Crippen LogP contribution in [0.4, 0.5) is 5.82 Å². The molecule has 140 valence electrons. The fourth-order valence-corrected chi connectivity index (χ4v) is 3.60. The van der Waals surface area contributed by atoms with Crippen LogP contribution in [0.15, 0.2) is 24.8 Å². The Kier molecular flexibility index (Phi) is 5.85. The zero-order valence-corrected chi connectivity index (χ0v) is 15.4. The number of anilines is 1. The fraction of sp³-hybridized carbons (Fsp3) is 0.579. The first-order chi connectivity index (χ1) is 12.6. The number of carbonyl (C=O) groups excluding carboxylic acids is 2. The number of amides is 2. The average molecular weight is 357 g/mol. The molecule has 0 saturated carbocycles. The summed E-state index contributed by atoms with van der Waals surface area (Å²) in [7, 11) is 0. The van der Waals surface area contributed by atoms with E-state index in [9.17, 15) is 9.59 Å². The standard InChI is InChI=1S/C19H27N5O2/c1-3-8-24-13-16(11-18(24)25)19(26)20-12-15-6-9-23(10-7-15)17-5-4-14(2)21-22-17/h3-5,15-16H,1,6-13H2,2H3,(H,20,26). The highest BCUT2D eigenvalue weighted by atomic mass is 16.2. The van der Waals surface area contributed by atoms with Crippen molar-refractivity contribution in [1.82, 2.24) is 20.4 Å². The molecular weight excluding hydrogens is 330 g/mol. The van der Waals surface area contributed by atoms with Crippen LogP contribution in [0, 0.1) is 18.8 Å². The van der Waals surface area contributed by atoms with Crippen LogP contribution < -0.4 is 10.2 Å². The van der Waals surface area contributed by atoms with Gasteiger partial charge in [0.1, 0.15) is 0 Å². The highest BCUT2D eigenvalue weighted by Crippen LogP contribution is 2.22. The lowest BCUT2D eigenvalue weighted by atomic mass is 9.96. The molecule has 0 bridgehead atoms. The zero-order chi connectivity index (χ0) is 18.5. The molecule has 1 atom stereocenters. The van der Waals surface area contributed by atoms with Crippen molar-refractivity contribution >= 4 is 17.6 Å². The van der Waals surface area contributed by atoms with Crippen molar-refractivity contribution in [3.63, 3.8) is 0 Å². The topological polar surface area (TPSA) is 78.4 Å². The molecule has 0 spiro atoms. The van der Waals surface area contributed by atoms with E-state index in [2.05, 4.69) is 27.0 Å². The van der Waals surface area contributed by atoms with Gasteiger partial charge in [0, 0.05) is 39.1 Å². The third-order valence-corrected chi connectivity index (χ3v) is 5.22. The number of hydrogen-bond acceptors (Lipinski definition) is 5. The Labute approximate surface area is 154 Å². The monoisotopic (exact) mass is 357 g/mol. The van der Waals surface area contributed by atoms with Crippen LogP contribution in [0.25, 0.3) is 0 Å². The maximum absolute atomic E-state index is 12.4. The van der Waals surface area contributed by atoms with Gasteiger partial charge in [-0.3, -0.25) is 9.59 Å². The summed E-state index contributed by atoms with van der Waals surface area (Å²) >= 11 is 0. The summed E-state index contributed by atoms with van der Waals surface area (Å²) in [6, 6.07) is 3.99. The molecule has 26 heavy (non-hydrogen) atoms. The number of carbonyl (C=O) groups is 2. The van der Waals surface area contributed by atoms with Crippen molar-refractivity contribution in [1.29, 1.82) is 0 Å². The van der Waals surface area contributed by atoms with E-state index in [-0.39, 0.29) is 17.7 Å². The summed E-state index contributed by atoms with van der Waals surface area (Å²) in [5, 5.41) is 11.4. The number of likely N-dealkylation sites (tertiary alicyclic amines) is 1. The Morgan fingerprint density at radius 1 is 1.35 bits per heavy atom. The molecule has 7 nitrogen and oxygen atoms in total. The molecule has 2 fully saturated rings. The van der Waals surface area contributed by atoms with Gasteiger partial charge in [0.05, 0.1) is 11.6 Å². The lowest BCUT2D eigenvalue weighted by Crippen LogP contribution is -2.41. The summed E-state index contributed by atoms with van der Waals surface area (Å²) in [5.41, 5.74) is 0.920. The van der Waals surface area contributed by atoms with E-state index in [0.29, 0.717) is 32.0 Å². The number of hydrogen-bond donors (Lipinski definition) is 1. The lowest BCUT2D eigenvalue weighted by molar-refractivity contribution is -0.128. The van der Waals surface area contributed by atoms with Crippen molar-refractivity contribution in [2.24, 2.45) is 11.8 Å². The summed E-state index contributed by atoms with van der Waals surface area (Å²) in [4.78, 5) is 28.2. The Balaban J connectivity index is 1.41. The van der Waals surface area contributed by atoms with Crippen molar-refractivity contribution < 1.29 is 9.59 Å². The summed E-state index contributed by atoms with van der Waals surface area (Å²) < 4.78 is 0. The van der Waals surface area contributed by atoms with Crippen LogP contribution in [0.1, 0.15) is 25.0 Å². The Bertz CT molecular complexity index is 652. The maximum Gasteiger partial charge on any atom is 0.225 e. The predicted octanol–water partition coefficient (Wildman–Crippen LogP) is 1.15. The van der Waals surface area contributed by atoms with Crippen molar-refractivity contribution in [3.05, 3.63) is 30.5 Å². The minimum absolute atomic E-state index is 0.00302. The quantitative estimate of drug-likeness (QED) is 0.773. The minimum Gasteiger partial charge on any atom is -0.356 e. The molecule has 1 unspecified atom stereocenters. The highest BCUT2D eigenvalue weighted by Gasteiger charge is 2.33. The molecule has 1 aromatic rings. The van der Waals surface area contributed by atoms with Crippen LogP contribution in [0.2, 0.25) is 0 Å². The van der Waals surface area contributed by atoms with Crippen LogP contribution in [-0.4, -0.2) is 59.6 Å². The first kappa shape index (κ1) is 18.4. The summed E-state index contributed by atoms with van der Waals surface area (Å²) in [5.74, 6) is 1.19. The second-order valence-corrected chi connectivity index (χ2v) is 7.20. The molecule has 1 N–H and O–H groups in total. The molecule has 2 amide bonds. The number of piperidine rings is 1. The number of nitrogens with zero attached hydrogens (tertiary/aromatic N) is 4. The van der Waals surface area contributed by atoms with E-state index >= 15 is 0 Å². The third-order valence-electron chi connectivity index (χ3n) is 5.22. The van der Waals surface area contributed by atoms with Crippen LogP contribution in [0.5, 0.6) is 0 Å². The van der Waals surface area contributed by atoms with E-state index < -0.39 is 0 Å². The van der Waals surface area contributed by atoms with Crippen LogP contribution >= 0.6 is 0 Å². The Hall–Kier alpha value is -2.44. The van der Waals surface area contributed by atoms with Crippen molar-refractivity contribution in [2.45, 2.75) is 26.2 Å². The molecule has 3 heterocycles. The SMILES string of the molecule is C=CCN1CC(C(=O)NCC2CCN(c3ccc(C)nn3)CC2)CC1=O.